The first kappa shape index (κ1) is 15.0. The van der Waals surface area contributed by atoms with E-state index in [2.05, 4.69) is 39.7 Å². The van der Waals surface area contributed by atoms with Crippen molar-refractivity contribution in [3.8, 4) is 5.75 Å². The zero-order valence-electron chi connectivity index (χ0n) is 13.2. The monoisotopic (exact) mass is 340 g/mol. The van der Waals surface area contributed by atoms with Gasteiger partial charge in [-0.05, 0) is 41.8 Å². The zero-order chi connectivity index (χ0) is 16.5. The molecular weight excluding hydrogens is 324 g/mol. The van der Waals surface area contributed by atoms with E-state index in [0.29, 0.717) is 0 Å². The molecule has 4 rings (SSSR count). The van der Waals surface area contributed by atoms with Crippen molar-refractivity contribution in [2.24, 2.45) is 0 Å². The van der Waals surface area contributed by atoms with E-state index in [1.54, 1.807) is 13.4 Å². The van der Waals surface area contributed by atoms with Crippen molar-refractivity contribution in [2.45, 2.75) is 18.5 Å². The molecule has 0 unspecified atom stereocenters. The first-order valence-corrected chi connectivity index (χ1v) is 8.18. The van der Waals surface area contributed by atoms with Gasteiger partial charge in [0.25, 0.3) is 0 Å². The maximum atomic E-state index is 6.01. The van der Waals surface area contributed by atoms with Gasteiger partial charge in [-0.2, -0.15) is 10.1 Å². The third kappa shape index (κ3) is 2.71. The van der Waals surface area contributed by atoms with E-state index in [9.17, 15) is 0 Å². The highest BCUT2D eigenvalue weighted by Gasteiger charge is 2.29. The summed E-state index contributed by atoms with van der Waals surface area (Å²) in [6.45, 7) is 0. The van der Waals surface area contributed by atoms with Crippen molar-refractivity contribution in [2.75, 3.05) is 12.4 Å². The Morgan fingerprint density at radius 3 is 2.50 bits per heavy atom. The molecule has 5 nitrogen and oxygen atoms in total. The van der Waals surface area contributed by atoms with Crippen LogP contribution >= 0.6 is 11.6 Å². The van der Waals surface area contributed by atoms with E-state index in [4.69, 9.17) is 16.3 Å². The van der Waals surface area contributed by atoms with Crippen LogP contribution in [0.3, 0.4) is 0 Å². The maximum absolute atomic E-state index is 6.01. The first-order chi connectivity index (χ1) is 11.7. The van der Waals surface area contributed by atoms with E-state index in [0.717, 1.165) is 23.1 Å². The average molecular weight is 341 g/mol. The molecular formula is C18H17ClN4O. The number of benzene rings is 2. The molecule has 6 heteroatoms. The average Bonchev–Trinajstić information content (AvgIpc) is 3.10. The summed E-state index contributed by atoms with van der Waals surface area (Å²) in [5.74, 6) is 1.63. The normalized spacial score (nSPS) is 19.4. The van der Waals surface area contributed by atoms with Gasteiger partial charge in [0.15, 0.2) is 0 Å². The Bertz CT molecular complexity index is 829. The lowest BCUT2D eigenvalue weighted by Crippen LogP contribution is -2.28. The van der Waals surface area contributed by atoms with Crippen molar-refractivity contribution >= 4 is 17.5 Å². The molecule has 0 aliphatic carbocycles. The first-order valence-electron chi connectivity index (χ1n) is 7.80. The number of anilines is 1. The summed E-state index contributed by atoms with van der Waals surface area (Å²) in [6.07, 6.45) is 2.47. The molecule has 1 N–H and O–H groups in total. The van der Waals surface area contributed by atoms with Gasteiger partial charge in [0.2, 0.25) is 5.95 Å². The van der Waals surface area contributed by atoms with Crippen LogP contribution in [-0.4, -0.2) is 21.9 Å². The van der Waals surface area contributed by atoms with E-state index in [1.807, 2.05) is 28.9 Å². The Labute approximate surface area is 145 Å². The largest absolute Gasteiger partial charge is 0.497 e. The molecule has 0 bridgehead atoms. The molecule has 2 heterocycles. The van der Waals surface area contributed by atoms with Gasteiger partial charge in [0.05, 0.1) is 19.2 Å². The van der Waals surface area contributed by atoms with Gasteiger partial charge in [0, 0.05) is 5.02 Å². The van der Waals surface area contributed by atoms with Gasteiger partial charge in [0.1, 0.15) is 12.1 Å². The molecule has 0 saturated heterocycles. The van der Waals surface area contributed by atoms with Crippen LogP contribution in [0, 0.1) is 0 Å². The number of nitrogens with one attached hydrogen (secondary N) is 1. The van der Waals surface area contributed by atoms with Crippen LogP contribution in [0.4, 0.5) is 5.95 Å². The quantitative estimate of drug-likeness (QED) is 0.780. The second-order valence-corrected chi connectivity index (χ2v) is 6.24. The van der Waals surface area contributed by atoms with Gasteiger partial charge in [-0.15, -0.1) is 0 Å². The lowest BCUT2D eigenvalue weighted by molar-refractivity contribution is 0.411. The van der Waals surface area contributed by atoms with Gasteiger partial charge in [-0.1, -0.05) is 35.9 Å². The summed E-state index contributed by atoms with van der Waals surface area (Å²) in [5.41, 5.74) is 2.37. The number of halogens is 1. The predicted octanol–water partition coefficient (Wildman–Crippen LogP) is 4.09. The SMILES string of the molecule is COc1ccc([C@H]2C[C@@H](c3ccc(Cl)cc3)Nc3ncnn32)cc1. The fraction of sp³-hybridized carbons (Fsp3) is 0.222. The molecule has 2 atom stereocenters. The Morgan fingerprint density at radius 2 is 1.79 bits per heavy atom. The highest BCUT2D eigenvalue weighted by molar-refractivity contribution is 6.30. The van der Waals surface area contributed by atoms with Crippen LogP contribution in [0.2, 0.25) is 5.02 Å². The summed E-state index contributed by atoms with van der Waals surface area (Å²) in [4.78, 5) is 4.35. The number of methoxy groups -OCH3 is 1. The fourth-order valence-electron chi connectivity index (χ4n) is 3.14. The Hall–Kier alpha value is -2.53. The third-order valence-corrected chi connectivity index (χ3v) is 4.66. The Balaban J connectivity index is 1.69. The molecule has 0 amide bonds. The summed E-state index contributed by atoms with van der Waals surface area (Å²) < 4.78 is 7.19. The van der Waals surface area contributed by atoms with Crippen molar-refractivity contribution < 1.29 is 4.74 Å². The van der Waals surface area contributed by atoms with Crippen LogP contribution < -0.4 is 10.1 Å². The lowest BCUT2D eigenvalue weighted by Gasteiger charge is -2.31. The fourth-order valence-corrected chi connectivity index (χ4v) is 3.26. The number of hydrogen-bond acceptors (Lipinski definition) is 4. The molecule has 0 fully saturated rings. The molecule has 1 aromatic heterocycles. The minimum atomic E-state index is 0.121. The highest BCUT2D eigenvalue weighted by Crippen LogP contribution is 2.37. The van der Waals surface area contributed by atoms with Gasteiger partial charge < -0.3 is 10.1 Å². The smallest absolute Gasteiger partial charge is 0.222 e. The molecule has 0 saturated carbocycles. The van der Waals surface area contributed by atoms with Gasteiger partial charge in [-0.3, -0.25) is 0 Å². The molecule has 1 aliphatic rings. The van der Waals surface area contributed by atoms with Gasteiger partial charge in [-0.25, -0.2) is 4.68 Å². The van der Waals surface area contributed by atoms with E-state index in [-0.39, 0.29) is 12.1 Å². The number of ether oxygens (including phenoxy) is 1. The summed E-state index contributed by atoms with van der Waals surface area (Å²) in [6, 6.07) is 16.3. The van der Waals surface area contributed by atoms with Crippen LogP contribution in [0.1, 0.15) is 29.6 Å². The van der Waals surface area contributed by atoms with Crippen molar-refractivity contribution in [1.82, 2.24) is 14.8 Å². The predicted molar refractivity (Wildman–Crippen MR) is 93.6 cm³/mol. The summed E-state index contributed by atoms with van der Waals surface area (Å²) in [5, 5.41) is 8.59. The molecule has 24 heavy (non-hydrogen) atoms. The number of hydrogen-bond donors (Lipinski definition) is 1. The second-order valence-electron chi connectivity index (χ2n) is 5.80. The second kappa shape index (κ2) is 6.17. The zero-order valence-corrected chi connectivity index (χ0v) is 13.9. The van der Waals surface area contributed by atoms with Crippen molar-refractivity contribution in [3.05, 3.63) is 71.0 Å². The third-order valence-electron chi connectivity index (χ3n) is 4.40. The standard InChI is InChI=1S/C18H17ClN4O/c1-24-15-8-4-13(5-9-15)17-10-16(12-2-6-14(19)7-3-12)22-18-20-11-21-23(17)18/h2-9,11,16-17H,10H2,1H3,(H,20,21,22)/t16-,17+/m0/s1. The van der Waals surface area contributed by atoms with E-state index < -0.39 is 0 Å². The lowest BCUT2D eigenvalue weighted by atomic mass is 9.93. The van der Waals surface area contributed by atoms with E-state index in [1.165, 1.54) is 11.1 Å². The number of aromatic nitrogens is 3. The summed E-state index contributed by atoms with van der Waals surface area (Å²) in [7, 11) is 1.67. The molecule has 3 aromatic rings. The minimum Gasteiger partial charge on any atom is -0.497 e. The van der Waals surface area contributed by atoms with Crippen LogP contribution in [-0.2, 0) is 0 Å². The van der Waals surface area contributed by atoms with Crippen LogP contribution in [0.15, 0.2) is 54.9 Å². The molecule has 122 valence electrons. The van der Waals surface area contributed by atoms with Crippen molar-refractivity contribution in [3.63, 3.8) is 0 Å². The number of rotatable bonds is 3. The Kier molecular flexibility index (Phi) is 3.86. The number of fused-ring (bicyclic) bond motifs is 1. The minimum absolute atomic E-state index is 0.121. The highest BCUT2D eigenvalue weighted by atomic mass is 35.5. The molecule has 2 aromatic carbocycles. The molecule has 0 radical (unpaired) electrons. The van der Waals surface area contributed by atoms with Crippen molar-refractivity contribution in [1.29, 1.82) is 0 Å². The Morgan fingerprint density at radius 1 is 1.08 bits per heavy atom. The van der Waals surface area contributed by atoms with Gasteiger partial charge >= 0.3 is 0 Å². The number of nitrogens with zero attached hydrogens (tertiary/aromatic N) is 3. The maximum Gasteiger partial charge on any atom is 0.222 e. The van der Waals surface area contributed by atoms with Crippen LogP contribution in [0.25, 0.3) is 0 Å². The summed E-state index contributed by atoms with van der Waals surface area (Å²) >= 11 is 6.01. The molecule has 0 spiro atoms. The topological polar surface area (TPSA) is 52.0 Å². The van der Waals surface area contributed by atoms with E-state index >= 15 is 0 Å². The van der Waals surface area contributed by atoms with Crippen LogP contribution in [0.5, 0.6) is 5.75 Å². The molecule has 1 aliphatic heterocycles.